The summed E-state index contributed by atoms with van der Waals surface area (Å²) in [7, 11) is 0. The number of benzene rings is 1. The summed E-state index contributed by atoms with van der Waals surface area (Å²) >= 11 is 1.42. The summed E-state index contributed by atoms with van der Waals surface area (Å²) in [4.78, 5) is 60.4. The predicted molar refractivity (Wildman–Crippen MR) is 167 cm³/mol. The van der Waals surface area contributed by atoms with Crippen molar-refractivity contribution in [1.82, 2.24) is 19.8 Å². The molecule has 4 aliphatic rings. The van der Waals surface area contributed by atoms with E-state index in [-0.39, 0.29) is 35.3 Å². The quantitative estimate of drug-likeness (QED) is 0.288. The maximum atomic E-state index is 12.6. The largest absolute Gasteiger partial charge is 0.477 e. The molecule has 0 radical (unpaired) electrons. The molecule has 0 bridgehead atoms. The molecule has 0 saturated carbocycles. The van der Waals surface area contributed by atoms with Crippen LogP contribution in [0.5, 0.6) is 0 Å². The summed E-state index contributed by atoms with van der Waals surface area (Å²) in [5, 5.41) is 18.8. The van der Waals surface area contributed by atoms with Gasteiger partial charge in [-0.25, -0.2) is 9.59 Å². The average Bonchev–Trinajstić information content (AvgIpc) is 3.07. The monoisotopic (exact) mass is 620 g/mol. The Bertz CT molecular complexity index is 1790. The van der Waals surface area contributed by atoms with Crippen molar-refractivity contribution in [2.24, 2.45) is 0 Å². The number of β-lactam (4-membered cyclic amide) rings is 2. The molecule has 2 aromatic heterocycles. The fourth-order valence-corrected chi connectivity index (χ4v) is 6.87. The first-order chi connectivity index (χ1) is 21.8. The topological polar surface area (TPSA) is 141 Å². The highest BCUT2D eigenvalue weighted by atomic mass is 32.2. The van der Waals surface area contributed by atoms with Gasteiger partial charge in [0.1, 0.15) is 11.4 Å². The van der Waals surface area contributed by atoms with Crippen molar-refractivity contribution in [2.75, 3.05) is 0 Å². The third-order valence-electron chi connectivity index (χ3n) is 7.85. The summed E-state index contributed by atoms with van der Waals surface area (Å²) in [6.45, 7) is 0. The lowest BCUT2D eigenvalue weighted by atomic mass is 9.85. The number of hydrogen-bond acceptors (Lipinski definition) is 7. The third-order valence-corrected chi connectivity index (χ3v) is 9.00. The van der Waals surface area contributed by atoms with Gasteiger partial charge in [0, 0.05) is 33.3 Å². The molecule has 45 heavy (non-hydrogen) atoms. The highest BCUT2D eigenvalue weighted by Crippen LogP contribution is 2.45. The van der Waals surface area contributed by atoms with E-state index in [1.165, 1.54) is 21.6 Å². The Hall–Kier alpha value is -5.29. The van der Waals surface area contributed by atoms with E-state index in [0.29, 0.717) is 29.7 Å². The molecule has 6 heterocycles. The minimum Gasteiger partial charge on any atom is -0.477 e. The highest BCUT2D eigenvalue weighted by Gasteiger charge is 2.49. The lowest BCUT2D eigenvalue weighted by molar-refractivity contribution is -0.143. The van der Waals surface area contributed by atoms with E-state index < -0.39 is 11.9 Å². The van der Waals surface area contributed by atoms with Gasteiger partial charge in [0.25, 0.3) is 11.8 Å². The van der Waals surface area contributed by atoms with Gasteiger partial charge < -0.3 is 10.2 Å². The second kappa shape index (κ2) is 12.7. The van der Waals surface area contributed by atoms with Crippen LogP contribution in [0.4, 0.5) is 0 Å². The molecule has 2 unspecified atom stereocenters. The van der Waals surface area contributed by atoms with Gasteiger partial charge in [0.05, 0.1) is 23.5 Å². The van der Waals surface area contributed by atoms with E-state index >= 15 is 0 Å². The zero-order valence-electron chi connectivity index (χ0n) is 23.9. The Balaban J connectivity index is 0.000000167. The van der Waals surface area contributed by atoms with Gasteiger partial charge in [0.2, 0.25) is 0 Å². The second-order valence-corrected chi connectivity index (χ2v) is 11.8. The Labute approximate surface area is 263 Å². The molecule has 0 aliphatic carbocycles. The highest BCUT2D eigenvalue weighted by molar-refractivity contribution is 8.03. The number of aromatic nitrogens is 2. The molecule has 2 saturated heterocycles. The van der Waals surface area contributed by atoms with Crippen molar-refractivity contribution < 1.29 is 29.4 Å². The van der Waals surface area contributed by atoms with Crippen LogP contribution in [0.2, 0.25) is 0 Å². The molecule has 2 atom stereocenters. The van der Waals surface area contributed by atoms with Gasteiger partial charge in [-0.15, -0.1) is 0 Å². The summed E-state index contributed by atoms with van der Waals surface area (Å²) in [5.74, 6) is -2.58. The van der Waals surface area contributed by atoms with Crippen molar-refractivity contribution in [3.05, 3.63) is 124 Å². The molecular formula is C34H28N4O6S. The molecule has 7 rings (SSSR count). The molecule has 2 amide bonds. The minimum absolute atomic E-state index is 0.0967. The first kappa shape index (κ1) is 29.8. The van der Waals surface area contributed by atoms with Gasteiger partial charge in [-0.2, -0.15) is 0 Å². The Morgan fingerprint density at radius 1 is 0.756 bits per heavy atom. The Morgan fingerprint density at radius 2 is 1.33 bits per heavy atom. The fraction of sp³-hybridized carbons (Fsp3) is 0.176. The SMILES string of the molecule is O=C(O)C1=C(Sc2ccccc2)CCC2/C(=C\c3ccccn3)C(=O)N12.O=C(O)C1=CCCC2/C(=C\c3ccccn3)C(=O)N12. The molecule has 226 valence electrons. The number of carboxylic acids is 2. The standard InChI is InChI=1S/C20H16N2O3S.C14H12N2O3/c23-19-15(12-13-6-4-5-11-21-13)16-9-10-17(18(20(24)25)22(16)19)26-14-7-2-1-3-8-14;17-13-10(8-9-4-1-2-7-15-9)11-5-3-6-12(14(18)19)16(11)13/h1-8,11-12,16H,9-10H2,(H,24,25);1-2,4,6-8,11H,3,5H2,(H,18,19)/b15-12+;10-8+. The summed E-state index contributed by atoms with van der Waals surface area (Å²) in [6.07, 6.45) is 11.2. The summed E-state index contributed by atoms with van der Waals surface area (Å²) in [6, 6.07) is 20.3. The zero-order chi connectivity index (χ0) is 31.5. The van der Waals surface area contributed by atoms with E-state index in [9.17, 15) is 24.3 Å². The zero-order valence-corrected chi connectivity index (χ0v) is 24.8. The first-order valence-electron chi connectivity index (χ1n) is 14.4. The number of rotatable bonds is 6. The number of hydrogen-bond donors (Lipinski definition) is 2. The van der Waals surface area contributed by atoms with Crippen molar-refractivity contribution in [2.45, 2.75) is 42.7 Å². The molecule has 0 spiro atoms. The molecule has 4 aliphatic heterocycles. The van der Waals surface area contributed by atoms with Crippen LogP contribution < -0.4 is 0 Å². The van der Waals surface area contributed by atoms with Crippen LogP contribution in [-0.4, -0.2) is 65.8 Å². The van der Waals surface area contributed by atoms with Crippen LogP contribution >= 0.6 is 11.8 Å². The average molecular weight is 621 g/mol. The van der Waals surface area contributed by atoms with Gasteiger partial charge in [-0.1, -0.05) is 48.2 Å². The number of carboxylic acid groups (broad SMARTS) is 2. The second-order valence-electron chi connectivity index (χ2n) is 10.6. The molecule has 2 N–H and O–H groups in total. The molecule has 11 heteroatoms. The van der Waals surface area contributed by atoms with E-state index in [2.05, 4.69) is 9.97 Å². The van der Waals surface area contributed by atoms with Crippen molar-refractivity contribution >= 4 is 47.7 Å². The summed E-state index contributed by atoms with van der Waals surface area (Å²) in [5.41, 5.74) is 2.91. The minimum atomic E-state index is -1.06. The predicted octanol–water partition coefficient (Wildman–Crippen LogP) is 5.00. The van der Waals surface area contributed by atoms with Gasteiger partial charge in [0.15, 0.2) is 0 Å². The maximum absolute atomic E-state index is 12.6. The molecule has 10 nitrogen and oxygen atoms in total. The lowest BCUT2D eigenvalue weighted by Gasteiger charge is -2.46. The Morgan fingerprint density at radius 3 is 1.89 bits per heavy atom. The number of carbonyl (C=O) groups excluding carboxylic acids is 2. The number of pyridine rings is 2. The van der Waals surface area contributed by atoms with Crippen molar-refractivity contribution in [1.29, 1.82) is 0 Å². The van der Waals surface area contributed by atoms with Crippen LogP contribution in [0.3, 0.4) is 0 Å². The molecule has 3 aromatic rings. The van der Waals surface area contributed by atoms with Gasteiger partial charge >= 0.3 is 11.9 Å². The molecule has 1 aromatic carbocycles. The normalized spacial score (nSPS) is 22.0. The number of carbonyl (C=O) groups is 4. The van der Waals surface area contributed by atoms with Crippen molar-refractivity contribution in [3.63, 3.8) is 0 Å². The first-order valence-corrected chi connectivity index (χ1v) is 15.2. The van der Waals surface area contributed by atoms with Crippen LogP contribution in [-0.2, 0) is 19.2 Å². The van der Waals surface area contributed by atoms with E-state index in [1.807, 2.05) is 66.7 Å². The number of nitrogens with zero attached hydrogens (tertiary/aromatic N) is 4. The van der Waals surface area contributed by atoms with E-state index in [1.54, 1.807) is 30.6 Å². The summed E-state index contributed by atoms with van der Waals surface area (Å²) < 4.78 is 0. The fourth-order valence-electron chi connectivity index (χ4n) is 5.79. The van der Waals surface area contributed by atoms with Crippen LogP contribution in [0.15, 0.2) is 118 Å². The van der Waals surface area contributed by atoms with E-state index in [4.69, 9.17) is 5.11 Å². The number of aliphatic carboxylic acids is 2. The smallest absolute Gasteiger partial charge is 0.353 e. The van der Waals surface area contributed by atoms with E-state index in [0.717, 1.165) is 28.3 Å². The number of allylic oxidation sites excluding steroid dienone is 2. The van der Waals surface area contributed by atoms with Crippen molar-refractivity contribution in [3.8, 4) is 0 Å². The molecule has 2 fully saturated rings. The Kier molecular flexibility index (Phi) is 8.43. The lowest BCUT2D eigenvalue weighted by Crippen LogP contribution is -2.57. The van der Waals surface area contributed by atoms with Crippen LogP contribution in [0.25, 0.3) is 12.2 Å². The number of amides is 2. The maximum Gasteiger partial charge on any atom is 0.353 e. The number of fused-ring (bicyclic) bond motifs is 2. The number of thioether (sulfide) groups is 1. The molecular weight excluding hydrogens is 592 g/mol. The van der Waals surface area contributed by atoms with Gasteiger partial charge in [-0.05, 0) is 74.2 Å². The third kappa shape index (κ3) is 5.94. The van der Waals surface area contributed by atoms with Crippen LogP contribution in [0.1, 0.15) is 37.1 Å². The van der Waals surface area contributed by atoms with Crippen LogP contribution in [0, 0.1) is 0 Å². The van der Waals surface area contributed by atoms with Gasteiger partial charge in [-0.3, -0.25) is 29.4 Å².